The molecular weight excluding hydrogens is 216 g/mol. The van der Waals surface area contributed by atoms with E-state index in [1.807, 2.05) is 20.0 Å². The minimum absolute atomic E-state index is 0.308. The van der Waals surface area contributed by atoms with Gasteiger partial charge < -0.3 is 15.6 Å². The van der Waals surface area contributed by atoms with Crippen LogP contribution in [0.1, 0.15) is 33.0 Å². The molecular formula is C12H22N4O. The highest BCUT2D eigenvalue weighted by Gasteiger charge is 2.29. The number of aromatic nitrogens is 2. The molecule has 0 aliphatic heterocycles. The van der Waals surface area contributed by atoms with Gasteiger partial charge in [0.1, 0.15) is 5.82 Å². The lowest BCUT2D eigenvalue weighted by Crippen LogP contribution is -2.53. The third-order valence-electron chi connectivity index (χ3n) is 3.08. The van der Waals surface area contributed by atoms with Crippen molar-refractivity contribution >= 4 is 5.91 Å². The Morgan fingerprint density at radius 2 is 2.29 bits per heavy atom. The largest absolute Gasteiger partial charge is 0.368 e. The van der Waals surface area contributed by atoms with E-state index in [-0.39, 0.29) is 5.91 Å². The molecule has 0 radical (unpaired) electrons. The van der Waals surface area contributed by atoms with Crippen molar-refractivity contribution in [3.05, 3.63) is 18.2 Å². The third kappa shape index (κ3) is 3.30. The summed E-state index contributed by atoms with van der Waals surface area (Å²) in [5.74, 6) is 0.728. The predicted molar refractivity (Wildman–Crippen MR) is 67.5 cm³/mol. The van der Waals surface area contributed by atoms with E-state index in [0.717, 1.165) is 25.3 Å². The fourth-order valence-corrected chi connectivity index (χ4v) is 1.89. The maximum atomic E-state index is 11.5. The first-order valence-electron chi connectivity index (χ1n) is 6.08. The average Bonchev–Trinajstić information content (AvgIpc) is 2.74. The number of rotatable bonds is 7. The fourth-order valence-electron chi connectivity index (χ4n) is 1.89. The smallest absolute Gasteiger partial charge is 0.237 e. The van der Waals surface area contributed by atoms with Crippen LogP contribution in [0.3, 0.4) is 0 Å². The standard InChI is InChI=1S/C12H22N4O/c1-4-10-14-7-9-16(10)8-6-12(3,11(13)17)15-5-2/h7,9,15H,4-6,8H2,1-3H3,(H2,13,17). The summed E-state index contributed by atoms with van der Waals surface area (Å²) in [5.41, 5.74) is 4.79. The summed E-state index contributed by atoms with van der Waals surface area (Å²) in [5, 5.41) is 3.15. The van der Waals surface area contributed by atoms with Gasteiger partial charge in [-0.15, -0.1) is 0 Å². The van der Waals surface area contributed by atoms with Crippen molar-refractivity contribution in [2.24, 2.45) is 5.73 Å². The van der Waals surface area contributed by atoms with Gasteiger partial charge in [0, 0.05) is 25.4 Å². The van der Waals surface area contributed by atoms with E-state index >= 15 is 0 Å². The summed E-state index contributed by atoms with van der Waals surface area (Å²) >= 11 is 0. The van der Waals surface area contributed by atoms with E-state index < -0.39 is 5.54 Å². The molecule has 0 fully saturated rings. The highest BCUT2D eigenvalue weighted by atomic mass is 16.1. The van der Waals surface area contributed by atoms with Gasteiger partial charge in [0.25, 0.3) is 0 Å². The van der Waals surface area contributed by atoms with E-state index in [1.165, 1.54) is 0 Å². The number of imidazole rings is 1. The molecule has 1 aromatic heterocycles. The Morgan fingerprint density at radius 1 is 1.59 bits per heavy atom. The van der Waals surface area contributed by atoms with Crippen molar-refractivity contribution in [3.63, 3.8) is 0 Å². The minimum atomic E-state index is -0.649. The van der Waals surface area contributed by atoms with Gasteiger partial charge in [-0.1, -0.05) is 13.8 Å². The zero-order valence-electron chi connectivity index (χ0n) is 10.9. The number of nitrogens with zero attached hydrogens (tertiary/aromatic N) is 2. The van der Waals surface area contributed by atoms with Gasteiger partial charge in [-0.05, 0) is 19.9 Å². The van der Waals surface area contributed by atoms with Crippen LogP contribution in [0.15, 0.2) is 12.4 Å². The predicted octanol–water partition coefficient (Wildman–Crippen LogP) is 0.689. The Kier molecular flexibility index (Phi) is 4.69. The summed E-state index contributed by atoms with van der Waals surface area (Å²) in [6, 6.07) is 0. The number of hydrogen-bond donors (Lipinski definition) is 2. The normalized spacial score (nSPS) is 14.5. The first-order valence-corrected chi connectivity index (χ1v) is 6.08. The molecule has 0 saturated heterocycles. The summed E-state index contributed by atoms with van der Waals surface area (Å²) in [6.07, 6.45) is 5.28. The van der Waals surface area contributed by atoms with Crippen LogP contribution in [0.4, 0.5) is 0 Å². The molecule has 5 nitrogen and oxygen atoms in total. The maximum Gasteiger partial charge on any atom is 0.237 e. The number of likely N-dealkylation sites (N-methyl/N-ethyl adjacent to an activating group) is 1. The Morgan fingerprint density at radius 3 is 2.82 bits per heavy atom. The van der Waals surface area contributed by atoms with Crippen LogP contribution >= 0.6 is 0 Å². The van der Waals surface area contributed by atoms with Gasteiger partial charge in [0.15, 0.2) is 0 Å². The van der Waals surface area contributed by atoms with Gasteiger partial charge in [0.05, 0.1) is 5.54 Å². The van der Waals surface area contributed by atoms with Crippen LogP contribution < -0.4 is 11.1 Å². The summed E-state index contributed by atoms with van der Waals surface area (Å²) < 4.78 is 2.07. The van der Waals surface area contributed by atoms with E-state index in [4.69, 9.17) is 5.73 Å². The van der Waals surface area contributed by atoms with Gasteiger partial charge in [-0.3, -0.25) is 4.79 Å². The lowest BCUT2D eigenvalue weighted by molar-refractivity contribution is -0.124. The number of nitrogens with one attached hydrogen (secondary N) is 1. The Labute approximate surface area is 102 Å². The number of amides is 1. The molecule has 0 spiro atoms. The van der Waals surface area contributed by atoms with Crippen LogP contribution in [0.2, 0.25) is 0 Å². The van der Waals surface area contributed by atoms with Crippen LogP contribution in [-0.2, 0) is 17.8 Å². The first-order chi connectivity index (χ1) is 8.03. The van der Waals surface area contributed by atoms with E-state index in [9.17, 15) is 4.79 Å². The lowest BCUT2D eigenvalue weighted by Gasteiger charge is -2.27. The molecule has 1 aromatic rings. The minimum Gasteiger partial charge on any atom is -0.368 e. The lowest BCUT2D eigenvalue weighted by atomic mass is 9.97. The SMILES string of the molecule is CCNC(C)(CCn1ccnc1CC)C(N)=O. The fraction of sp³-hybridized carbons (Fsp3) is 0.667. The molecule has 0 bridgehead atoms. The van der Waals surface area contributed by atoms with Crippen LogP contribution in [0.5, 0.6) is 0 Å². The highest BCUT2D eigenvalue weighted by molar-refractivity contribution is 5.84. The molecule has 0 aromatic carbocycles. The van der Waals surface area contributed by atoms with Crippen LogP contribution in [0.25, 0.3) is 0 Å². The van der Waals surface area contributed by atoms with Crippen molar-refractivity contribution in [2.75, 3.05) is 6.54 Å². The number of aryl methyl sites for hydroxylation is 2. The van der Waals surface area contributed by atoms with E-state index in [1.54, 1.807) is 6.20 Å². The van der Waals surface area contributed by atoms with Crippen molar-refractivity contribution in [2.45, 2.75) is 45.7 Å². The summed E-state index contributed by atoms with van der Waals surface area (Å²) in [7, 11) is 0. The quantitative estimate of drug-likeness (QED) is 0.734. The summed E-state index contributed by atoms with van der Waals surface area (Å²) in [4.78, 5) is 15.7. The zero-order valence-corrected chi connectivity index (χ0v) is 10.9. The molecule has 0 saturated carbocycles. The molecule has 0 aliphatic rings. The van der Waals surface area contributed by atoms with Crippen LogP contribution in [-0.4, -0.2) is 27.5 Å². The third-order valence-corrected chi connectivity index (χ3v) is 3.08. The van der Waals surface area contributed by atoms with Gasteiger partial charge in [0.2, 0.25) is 5.91 Å². The van der Waals surface area contributed by atoms with Crippen molar-refractivity contribution in [1.82, 2.24) is 14.9 Å². The number of carbonyl (C=O) groups excluding carboxylic acids is 1. The number of carbonyl (C=O) groups is 1. The Balaban J connectivity index is 2.67. The van der Waals surface area contributed by atoms with Gasteiger partial charge in [-0.2, -0.15) is 0 Å². The van der Waals surface area contributed by atoms with Crippen molar-refractivity contribution < 1.29 is 4.79 Å². The average molecular weight is 238 g/mol. The first kappa shape index (κ1) is 13.7. The second-order valence-corrected chi connectivity index (χ2v) is 4.37. The van der Waals surface area contributed by atoms with E-state index in [0.29, 0.717) is 6.42 Å². The maximum absolute atomic E-state index is 11.5. The van der Waals surface area contributed by atoms with Crippen molar-refractivity contribution in [1.29, 1.82) is 0 Å². The van der Waals surface area contributed by atoms with E-state index in [2.05, 4.69) is 21.8 Å². The molecule has 0 aliphatic carbocycles. The molecule has 1 rings (SSSR count). The number of hydrogen-bond acceptors (Lipinski definition) is 3. The molecule has 1 unspecified atom stereocenters. The van der Waals surface area contributed by atoms with Crippen LogP contribution in [0, 0.1) is 0 Å². The monoisotopic (exact) mass is 238 g/mol. The molecule has 17 heavy (non-hydrogen) atoms. The van der Waals surface area contributed by atoms with Gasteiger partial charge >= 0.3 is 0 Å². The molecule has 1 amide bonds. The molecule has 3 N–H and O–H groups in total. The highest BCUT2D eigenvalue weighted by Crippen LogP contribution is 2.12. The molecule has 1 heterocycles. The Bertz CT molecular complexity index is 374. The number of primary amides is 1. The molecule has 5 heteroatoms. The zero-order chi connectivity index (χ0) is 12.9. The topological polar surface area (TPSA) is 72.9 Å². The number of nitrogens with two attached hydrogens (primary N) is 1. The van der Waals surface area contributed by atoms with Gasteiger partial charge in [-0.25, -0.2) is 4.98 Å². The Hall–Kier alpha value is -1.36. The second-order valence-electron chi connectivity index (χ2n) is 4.37. The molecule has 1 atom stereocenters. The van der Waals surface area contributed by atoms with Crippen molar-refractivity contribution in [3.8, 4) is 0 Å². The molecule has 96 valence electrons. The summed E-state index contributed by atoms with van der Waals surface area (Å²) in [6.45, 7) is 7.35. The second kappa shape index (κ2) is 5.82.